The summed E-state index contributed by atoms with van der Waals surface area (Å²) in [5, 5.41) is 4.47. The topological polar surface area (TPSA) is 21.3 Å². The van der Waals surface area contributed by atoms with Crippen LogP contribution in [0.4, 0.5) is 5.69 Å². The first-order chi connectivity index (χ1) is 11.7. The molecule has 0 radical (unpaired) electrons. The van der Waals surface area contributed by atoms with E-state index in [1.54, 1.807) is 6.07 Å². The molecule has 0 amide bonds. The summed E-state index contributed by atoms with van der Waals surface area (Å²) < 4.78 is 5.97. The molecule has 2 nitrogen and oxygen atoms in total. The molecule has 0 fully saturated rings. The van der Waals surface area contributed by atoms with E-state index in [0.29, 0.717) is 28.9 Å². The Bertz CT molecular complexity index is 791. The average molecular weight is 358 g/mol. The second-order valence-corrected chi connectivity index (χ2v) is 6.21. The third-order valence-corrected chi connectivity index (χ3v) is 4.07. The minimum atomic E-state index is 0.459. The first-order valence-electron chi connectivity index (χ1n) is 7.66. The molecule has 1 N–H and O–H groups in total. The number of anilines is 1. The fourth-order valence-corrected chi connectivity index (χ4v) is 2.98. The number of hydrogen-bond acceptors (Lipinski definition) is 2. The molecule has 0 spiro atoms. The zero-order valence-corrected chi connectivity index (χ0v) is 14.5. The van der Waals surface area contributed by atoms with Crippen molar-refractivity contribution in [2.24, 2.45) is 0 Å². The van der Waals surface area contributed by atoms with Crippen molar-refractivity contribution >= 4 is 28.9 Å². The van der Waals surface area contributed by atoms with Gasteiger partial charge in [0.05, 0.1) is 5.02 Å². The van der Waals surface area contributed by atoms with Crippen LogP contribution in [0.1, 0.15) is 11.1 Å². The van der Waals surface area contributed by atoms with E-state index in [9.17, 15) is 0 Å². The minimum Gasteiger partial charge on any atom is -0.487 e. The van der Waals surface area contributed by atoms with Crippen LogP contribution in [0.5, 0.6) is 5.75 Å². The van der Waals surface area contributed by atoms with Gasteiger partial charge in [0.15, 0.2) is 0 Å². The molecule has 122 valence electrons. The Balaban J connectivity index is 1.77. The molecule has 0 heterocycles. The number of rotatable bonds is 6. The normalized spacial score (nSPS) is 10.4. The van der Waals surface area contributed by atoms with Crippen LogP contribution >= 0.6 is 23.2 Å². The van der Waals surface area contributed by atoms with Crippen molar-refractivity contribution in [3.63, 3.8) is 0 Å². The van der Waals surface area contributed by atoms with Gasteiger partial charge in [-0.2, -0.15) is 0 Å². The van der Waals surface area contributed by atoms with Gasteiger partial charge in [0.1, 0.15) is 12.4 Å². The Morgan fingerprint density at radius 3 is 2.21 bits per heavy atom. The van der Waals surface area contributed by atoms with Crippen LogP contribution in [0.15, 0.2) is 72.8 Å². The van der Waals surface area contributed by atoms with Crippen molar-refractivity contribution in [2.45, 2.75) is 13.2 Å². The summed E-state index contributed by atoms with van der Waals surface area (Å²) in [4.78, 5) is 0. The van der Waals surface area contributed by atoms with Crippen molar-refractivity contribution in [2.75, 3.05) is 5.32 Å². The summed E-state index contributed by atoms with van der Waals surface area (Å²) in [6.45, 7) is 1.04. The fraction of sp³-hybridized carbons (Fsp3) is 0.100. The van der Waals surface area contributed by atoms with E-state index in [2.05, 4.69) is 5.32 Å². The molecule has 4 heteroatoms. The number of halogens is 2. The summed E-state index contributed by atoms with van der Waals surface area (Å²) in [6, 6.07) is 23.5. The van der Waals surface area contributed by atoms with E-state index in [4.69, 9.17) is 27.9 Å². The highest BCUT2D eigenvalue weighted by atomic mass is 35.5. The maximum atomic E-state index is 6.35. The molecule has 0 aliphatic rings. The molecule has 24 heavy (non-hydrogen) atoms. The lowest BCUT2D eigenvalue weighted by molar-refractivity contribution is 0.303. The highest BCUT2D eigenvalue weighted by Crippen LogP contribution is 2.33. The van der Waals surface area contributed by atoms with Crippen LogP contribution in [0.25, 0.3) is 0 Å². The van der Waals surface area contributed by atoms with Gasteiger partial charge in [0, 0.05) is 22.8 Å². The lowest BCUT2D eigenvalue weighted by atomic mass is 10.2. The summed E-state index contributed by atoms with van der Waals surface area (Å²) in [6.07, 6.45) is 0. The Kier molecular flexibility index (Phi) is 5.63. The highest BCUT2D eigenvalue weighted by Gasteiger charge is 2.11. The molecule has 0 unspecified atom stereocenters. The standard InChI is InChI=1S/C20H17Cl2NO/c21-17-11-16(13-23-18-9-5-2-6-10-18)20(19(22)12-17)24-14-15-7-3-1-4-8-15/h1-12,23H,13-14H2. The van der Waals surface area contributed by atoms with Gasteiger partial charge in [-0.15, -0.1) is 0 Å². The van der Waals surface area contributed by atoms with Crippen LogP contribution in [0.3, 0.4) is 0 Å². The number of hydrogen-bond donors (Lipinski definition) is 1. The van der Waals surface area contributed by atoms with E-state index in [-0.39, 0.29) is 0 Å². The zero-order chi connectivity index (χ0) is 16.8. The molecule has 0 aliphatic carbocycles. The van der Waals surface area contributed by atoms with E-state index < -0.39 is 0 Å². The molecule has 0 aliphatic heterocycles. The zero-order valence-electron chi connectivity index (χ0n) is 13.0. The molecule has 0 saturated carbocycles. The molecule has 3 aromatic rings. The molecular weight excluding hydrogens is 341 g/mol. The van der Waals surface area contributed by atoms with E-state index in [1.807, 2.05) is 66.7 Å². The summed E-state index contributed by atoms with van der Waals surface area (Å²) in [5.74, 6) is 0.661. The number of nitrogens with one attached hydrogen (secondary N) is 1. The van der Waals surface area contributed by atoms with Gasteiger partial charge in [0.2, 0.25) is 0 Å². The Labute approximate surface area is 152 Å². The van der Waals surface area contributed by atoms with Crippen molar-refractivity contribution in [1.29, 1.82) is 0 Å². The van der Waals surface area contributed by atoms with Crippen LogP contribution in [0, 0.1) is 0 Å². The van der Waals surface area contributed by atoms with E-state index in [1.165, 1.54) is 0 Å². The molecule has 3 rings (SSSR count). The maximum Gasteiger partial charge on any atom is 0.143 e. The van der Waals surface area contributed by atoms with Gasteiger partial charge in [-0.1, -0.05) is 71.7 Å². The Hall–Kier alpha value is -2.16. The number of benzene rings is 3. The third kappa shape index (κ3) is 4.44. The van der Waals surface area contributed by atoms with Crippen LogP contribution in [-0.2, 0) is 13.2 Å². The molecule has 0 saturated heterocycles. The summed E-state index contributed by atoms with van der Waals surface area (Å²) in [7, 11) is 0. The average Bonchev–Trinajstić information content (AvgIpc) is 2.61. The first-order valence-corrected chi connectivity index (χ1v) is 8.41. The van der Waals surface area contributed by atoms with Gasteiger partial charge >= 0.3 is 0 Å². The van der Waals surface area contributed by atoms with Crippen LogP contribution in [-0.4, -0.2) is 0 Å². The van der Waals surface area contributed by atoms with E-state index >= 15 is 0 Å². The third-order valence-electron chi connectivity index (χ3n) is 3.57. The number of para-hydroxylation sites is 1. The van der Waals surface area contributed by atoms with Gasteiger partial charge < -0.3 is 10.1 Å². The van der Waals surface area contributed by atoms with Crippen molar-refractivity contribution < 1.29 is 4.74 Å². The predicted octanol–water partition coefficient (Wildman–Crippen LogP) is 6.18. The molecule has 3 aromatic carbocycles. The highest BCUT2D eigenvalue weighted by molar-refractivity contribution is 6.35. The SMILES string of the molecule is Clc1cc(Cl)c(OCc2ccccc2)c(CNc2ccccc2)c1. The molecule has 0 aromatic heterocycles. The first kappa shape index (κ1) is 16.7. The van der Waals surface area contributed by atoms with E-state index in [0.717, 1.165) is 16.8 Å². The second-order valence-electron chi connectivity index (χ2n) is 5.37. The van der Waals surface area contributed by atoms with Crippen LogP contribution in [0.2, 0.25) is 10.0 Å². The quantitative estimate of drug-likeness (QED) is 0.568. The maximum absolute atomic E-state index is 6.35. The van der Waals surface area contributed by atoms with Crippen LogP contribution < -0.4 is 10.1 Å². The van der Waals surface area contributed by atoms with Gasteiger partial charge in [-0.25, -0.2) is 0 Å². The molecule has 0 bridgehead atoms. The van der Waals surface area contributed by atoms with Crippen molar-refractivity contribution in [3.8, 4) is 5.75 Å². The Morgan fingerprint density at radius 1 is 0.833 bits per heavy atom. The van der Waals surface area contributed by atoms with Crippen molar-refractivity contribution in [3.05, 3.63) is 94.0 Å². The summed E-state index contributed by atoms with van der Waals surface area (Å²) >= 11 is 12.5. The summed E-state index contributed by atoms with van der Waals surface area (Å²) in [5.41, 5.74) is 3.04. The fourth-order valence-electron chi connectivity index (χ4n) is 2.39. The second kappa shape index (κ2) is 8.09. The van der Waals surface area contributed by atoms with Crippen molar-refractivity contribution in [1.82, 2.24) is 0 Å². The number of ether oxygens (including phenoxy) is 1. The molecule has 0 atom stereocenters. The predicted molar refractivity (Wildman–Crippen MR) is 101 cm³/mol. The van der Waals surface area contributed by atoms with Gasteiger partial charge in [0.25, 0.3) is 0 Å². The van der Waals surface area contributed by atoms with Gasteiger partial charge in [-0.05, 0) is 29.8 Å². The minimum absolute atomic E-state index is 0.459. The monoisotopic (exact) mass is 357 g/mol. The lowest BCUT2D eigenvalue weighted by Gasteiger charge is -2.15. The Morgan fingerprint density at radius 2 is 1.50 bits per heavy atom. The largest absolute Gasteiger partial charge is 0.487 e. The smallest absolute Gasteiger partial charge is 0.143 e. The molecular formula is C20H17Cl2NO. The lowest BCUT2D eigenvalue weighted by Crippen LogP contribution is -2.04. The van der Waals surface area contributed by atoms with Gasteiger partial charge in [-0.3, -0.25) is 0 Å².